The van der Waals surface area contributed by atoms with Crippen molar-refractivity contribution in [3.05, 3.63) is 65.9 Å². The average Bonchev–Trinajstić information content (AvgIpc) is 3.12. The number of benzene rings is 2. The lowest BCUT2D eigenvalue weighted by Crippen LogP contribution is -2.37. The highest BCUT2D eigenvalue weighted by molar-refractivity contribution is 7.89. The molecule has 0 unspecified atom stereocenters. The summed E-state index contributed by atoms with van der Waals surface area (Å²) in [6.07, 6.45) is 3.63. The van der Waals surface area contributed by atoms with E-state index in [1.54, 1.807) is 18.2 Å². The number of nitrogens with one attached hydrogen (secondary N) is 1. The molecule has 0 saturated carbocycles. The molecule has 0 spiro atoms. The van der Waals surface area contributed by atoms with Crippen molar-refractivity contribution >= 4 is 20.9 Å². The van der Waals surface area contributed by atoms with E-state index in [1.807, 2.05) is 18.2 Å². The van der Waals surface area contributed by atoms with Crippen LogP contribution in [0.3, 0.4) is 0 Å². The maximum Gasteiger partial charge on any atom is 0.243 e. The van der Waals surface area contributed by atoms with Crippen LogP contribution >= 0.6 is 0 Å². The lowest BCUT2D eigenvalue weighted by atomic mass is 9.90. The van der Waals surface area contributed by atoms with Gasteiger partial charge in [0.15, 0.2) is 0 Å². The molecule has 1 aliphatic heterocycles. The zero-order valence-electron chi connectivity index (χ0n) is 14.2. The van der Waals surface area contributed by atoms with Crippen LogP contribution in [0.5, 0.6) is 0 Å². The van der Waals surface area contributed by atoms with Gasteiger partial charge in [0.25, 0.3) is 0 Å². The molecule has 2 heterocycles. The van der Waals surface area contributed by atoms with Crippen molar-refractivity contribution in [2.75, 3.05) is 13.1 Å². The maximum atomic E-state index is 12.9. The van der Waals surface area contributed by atoms with E-state index in [-0.39, 0.29) is 4.90 Å². The van der Waals surface area contributed by atoms with Gasteiger partial charge in [0, 0.05) is 30.2 Å². The van der Waals surface area contributed by atoms with Crippen LogP contribution in [0.25, 0.3) is 10.9 Å². The number of nitriles is 1. The molecule has 5 nitrogen and oxygen atoms in total. The summed E-state index contributed by atoms with van der Waals surface area (Å²) in [5, 5.41) is 10.2. The summed E-state index contributed by atoms with van der Waals surface area (Å²) in [5.41, 5.74) is 2.75. The smallest absolute Gasteiger partial charge is 0.243 e. The molecule has 1 N–H and O–H groups in total. The first-order valence-electron chi connectivity index (χ1n) is 8.66. The minimum absolute atomic E-state index is 0.196. The van der Waals surface area contributed by atoms with Crippen LogP contribution in [0, 0.1) is 11.3 Å². The van der Waals surface area contributed by atoms with E-state index in [9.17, 15) is 8.42 Å². The van der Waals surface area contributed by atoms with Crippen molar-refractivity contribution in [3.8, 4) is 6.07 Å². The largest absolute Gasteiger partial charge is 0.361 e. The van der Waals surface area contributed by atoms with Gasteiger partial charge >= 0.3 is 0 Å². The Labute approximate surface area is 152 Å². The lowest BCUT2D eigenvalue weighted by molar-refractivity contribution is 0.320. The van der Waals surface area contributed by atoms with E-state index in [0.717, 1.165) is 18.4 Å². The van der Waals surface area contributed by atoms with Crippen LogP contribution in [-0.2, 0) is 10.0 Å². The van der Waals surface area contributed by atoms with E-state index < -0.39 is 10.0 Å². The monoisotopic (exact) mass is 365 g/mol. The molecule has 132 valence electrons. The van der Waals surface area contributed by atoms with Gasteiger partial charge in [-0.2, -0.15) is 9.57 Å². The molecule has 6 heteroatoms. The number of hydrogen-bond acceptors (Lipinski definition) is 3. The van der Waals surface area contributed by atoms with Gasteiger partial charge in [0.05, 0.1) is 16.5 Å². The molecule has 0 atom stereocenters. The van der Waals surface area contributed by atoms with E-state index in [2.05, 4.69) is 23.3 Å². The second kappa shape index (κ2) is 6.60. The molecule has 0 aliphatic carbocycles. The van der Waals surface area contributed by atoms with Crippen molar-refractivity contribution in [3.63, 3.8) is 0 Å². The number of hydrogen-bond donors (Lipinski definition) is 1. The average molecular weight is 365 g/mol. The van der Waals surface area contributed by atoms with Gasteiger partial charge in [-0.25, -0.2) is 8.42 Å². The summed E-state index contributed by atoms with van der Waals surface area (Å²) in [4.78, 5) is 3.50. The quantitative estimate of drug-likeness (QED) is 0.770. The van der Waals surface area contributed by atoms with Crippen molar-refractivity contribution in [2.24, 2.45) is 0 Å². The van der Waals surface area contributed by atoms with E-state index >= 15 is 0 Å². The Bertz CT molecular complexity index is 1090. The van der Waals surface area contributed by atoms with E-state index in [1.165, 1.54) is 21.3 Å². The Morgan fingerprint density at radius 3 is 2.62 bits per heavy atom. The number of H-pyrrole nitrogens is 1. The van der Waals surface area contributed by atoms with Crippen LogP contribution in [-0.4, -0.2) is 30.8 Å². The van der Waals surface area contributed by atoms with E-state index in [0.29, 0.717) is 24.6 Å². The number of piperidine rings is 1. The topological polar surface area (TPSA) is 77.0 Å². The summed E-state index contributed by atoms with van der Waals surface area (Å²) in [6.45, 7) is 0.979. The molecule has 26 heavy (non-hydrogen) atoms. The van der Waals surface area contributed by atoms with Gasteiger partial charge in [-0.3, -0.25) is 0 Å². The predicted octanol–water partition coefficient (Wildman–Crippen LogP) is 3.61. The molecule has 0 bridgehead atoms. The van der Waals surface area contributed by atoms with Crippen LogP contribution in [0.2, 0.25) is 0 Å². The number of para-hydroxylation sites is 1. The molecule has 4 rings (SSSR count). The third kappa shape index (κ3) is 2.90. The fourth-order valence-corrected chi connectivity index (χ4v) is 5.23. The SMILES string of the molecule is N#Cc1cccc(S(=O)(=O)N2CCC(c3c[nH]c4ccccc34)CC2)c1. The molecule has 3 aromatic rings. The summed E-state index contributed by atoms with van der Waals surface area (Å²) in [6, 6.07) is 16.4. The molecule has 0 amide bonds. The first-order valence-corrected chi connectivity index (χ1v) is 10.1. The fourth-order valence-electron chi connectivity index (χ4n) is 3.71. The molecular formula is C20H19N3O2S. The van der Waals surface area contributed by atoms with E-state index in [4.69, 9.17) is 5.26 Å². The van der Waals surface area contributed by atoms with Crippen LogP contribution in [0.4, 0.5) is 0 Å². The molecule has 1 saturated heterocycles. The second-order valence-corrected chi connectivity index (χ2v) is 8.55. The summed E-state index contributed by atoms with van der Waals surface area (Å²) in [7, 11) is -3.55. The van der Waals surface area contributed by atoms with Gasteiger partial charge in [0.1, 0.15) is 0 Å². The Morgan fingerprint density at radius 1 is 1.08 bits per heavy atom. The fraction of sp³-hybridized carbons (Fsp3) is 0.250. The highest BCUT2D eigenvalue weighted by Crippen LogP contribution is 2.34. The van der Waals surface area contributed by atoms with Gasteiger partial charge in [0.2, 0.25) is 10.0 Å². The first kappa shape index (κ1) is 16.8. The van der Waals surface area contributed by atoms with Crippen LogP contribution in [0.1, 0.15) is 29.9 Å². The van der Waals surface area contributed by atoms with Crippen molar-refractivity contribution < 1.29 is 8.42 Å². The molecule has 1 aliphatic rings. The van der Waals surface area contributed by atoms with Gasteiger partial charge in [-0.1, -0.05) is 24.3 Å². The molecule has 1 fully saturated rings. The molecule has 0 radical (unpaired) electrons. The number of nitrogens with zero attached hydrogens (tertiary/aromatic N) is 2. The van der Waals surface area contributed by atoms with Crippen molar-refractivity contribution in [1.29, 1.82) is 5.26 Å². The summed E-state index contributed by atoms with van der Waals surface area (Å²) >= 11 is 0. The first-order chi connectivity index (χ1) is 12.6. The third-order valence-electron chi connectivity index (χ3n) is 5.12. The highest BCUT2D eigenvalue weighted by atomic mass is 32.2. The number of rotatable bonds is 3. The molecular weight excluding hydrogens is 346 g/mol. The maximum absolute atomic E-state index is 12.9. The normalized spacial score (nSPS) is 16.6. The van der Waals surface area contributed by atoms with Gasteiger partial charge in [-0.05, 0) is 48.6 Å². The Kier molecular flexibility index (Phi) is 4.27. The summed E-state index contributed by atoms with van der Waals surface area (Å²) in [5.74, 6) is 0.350. The summed E-state index contributed by atoms with van der Waals surface area (Å²) < 4.78 is 27.3. The third-order valence-corrected chi connectivity index (χ3v) is 7.01. The van der Waals surface area contributed by atoms with Crippen molar-refractivity contribution in [1.82, 2.24) is 9.29 Å². The number of aromatic nitrogens is 1. The van der Waals surface area contributed by atoms with Gasteiger partial charge in [-0.15, -0.1) is 0 Å². The molecule has 1 aromatic heterocycles. The second-order valence-electron chi connectivity index (χ2n) is 6.61. The zero-order valence-corrected chi connectivity index (χ0v) is 15.0. The van der Waals surface area contributed by atoms with Crippen molar-refractivity contribution in [2.45, 2.75) is 23.7 Å². The highest BCUT2D eigenvalue weighted by Gasteiger charge is 2.30. The number of aromatic amines is 1. The zero-order chi connectivity index (χ0) is 18.1. The Balaban J connectivity index is 1.53. The molecule has 2 aromatic carbocycles. The number of fused-ring (bicyclic) bond motifs is 1. The minimum Gasteiger partial charge on any atom is -0.361 e. The minimum atomic E-state index is -3.55. The van der Waals surface area contributed by atoms with Gasteiger partial charge < -0.3 is 4.98 Å². The van der Waals surface area contributed by atoms with Crippen LogP contribution in [0.15, 0.2) is 59.6 Å². The predicted molar refractivity (Wildman–Crippen MR) is 100 cm³/mol. The Morgan fingerprint density at radius 2 is 1.85 bits per heavy atom. The standard InChI is InChI=1S/C20H19N3O2S/c21-13-15-4-3-5-17(12-15)26(24,25)23-10-8-16(9-11-23)19-14-22-20-7-2-1-6-18(19)20/h1-7,12,14,16,22H,8-11H2. The van der Waals surface area contributed by atoms with Crippen LogP contribution < -0.4 is 0 Å². The lowest BCUT2D eigenvalue weighted by Gasteiger charge is -2.31. The Hall–Kier alpha value is -2.62. The number of sulfonamides is 1.